The van der Waals surface area contributed by atoms with Crippen molar-refractivity contribution in [2.24, 2.45) is 0 Å². The molecule has 4 nitrogen and oxygen atoms in total. The van der Waals surface area contributed by atoms with Crippen LogP contribution in [0.3, 0.4) is 0 Å². The molecule has 4 heteroatoms. The van der Waals surface area contributed by atoms with Crippen molar-refractivity contribution in [1.29, 1.82) is 0 Å². The van der Waals surface area contributed by atoms with Gasteiger partial charge in [0.2, 0.25) is 5.91 Å². The van der Waals surface area contributed by atoms with Gasteiger partial charge in [0.1, 0.15) is 6.10 Å². The summed E-state index contributed by atoms with van der Waals surface area (Å²) in [5.74, 6) is 0.147. The summed E-state index contributed by atoms with van der Waals surface area (Å²) in [6.45, 7) is 0.500. The molecule has 3 rings (SSSR count). The minimum absolute atomic E-state index is 0.105. The third-order valence-electron chi connectivity index (χ3n) is 4.48. The normalized spacial score (nSPS) is 25.9. The monoisotopic (exact) mass is 287 g/mol. The van der Waals surface area contributed by atoms with Crippen LogP contribution >= 0.6 is 0 Å². The largest absolute Gasteiger partial charge is 0.445 e. The molecule has 112 valence electrons. The van der Waals surface area contributed by atoms with Crippen LogP contribution in [-0.4, -0.2) is 29.5 Å². The Morgan fingerprint density at radius 2 is 1.86 bits per heavy atom. The smallest absolute Gasteiger partial charge is 0.416 e. The topological polar surface area (TPSA) is 46.6 Å². The summed E-state index contributed by atoms with van der Waals surface area (Å²) >= 11 is 0. The first kappa shape index (κ1) is 14.1. The number of nitrogens with zero attached hydrogens (tertiary/aromatic N) is 1. The van der Waals surface area contributed by atoms with Crippen molar-refractivity contribution in [3.63, 3.8) is 0 Å². The fourth-order valence-electron chi connectivity index (χ4n) is 3.35. The van der Waals surface area contributed by atoms with Gasteiger partial charge < -0.3 is 4.74 Å². The maximum Gasteiger partial charge on any atom is 0.416 e. The van der Waals surface area contributed by atoms with Gasteiger partial charge in [-0.3, -0.25) is 4.79 Å². The second-order valence-electron chi connectivity index (χ2n) is 5.87. The van der Waals surface area contributed by atoms with E-state index in [1.807, 2.05) is 18.2 Å². The lowest BCUT2D eigenvalue weighted by Crippen LogP contribution is -2.37. The number of ether oxygens (including phenoxy) is 1. The van der Waals surface area contributed by atoms with Gasteiger partial charge >= 0.3 is 6.09 Å². The molecule has 1 saturated carbocycles. The van der Waals surface area contributed by atoms with E-state index in [9.17, 15) is 9.59 Å². The van der Waals surface area contributed by atoms with E-state index in [1.54, 1.807) is 0 Å². The Kier molecular flexibility index (Phi) is 4.23. The summed E-state index contributed by atoms with van der Waals surface area (Å²) in [7, 11) is 0. The second kappa shape index (κ2) is 6.29. The van der Waals surface area contributed by atoms with Crippen LogP contribution in [0.5, 0.6) is 0 Å². The van der Waals surface area contributed by atoms with Crippen molar-refractivity contribution in [3.05, 3.63) is 35.9 Å². The van der Waals surface area contributed by atoms with Crippen LogP contribution in [0.1, 0.15) is 50.0 Å². The molecule has 1 heterocycles. The molecule has 2 amide bonds. The zero-order valence-electron chi connectivity index (χ0n) is 12.2. The van der Waals surface area contributed by atoms with E-state index in [1.165, 1.54) is 10.5 Å². The lowest BCUT2D eigenvalue weighted by Gasteiger charge is -2.32. The van der Waals surface area contributed by atoms with Gasteiger partial charge in [0.15, 0.2) is 0 Å². The Labute approximate surface area is 125 Å². The number of carbonyl (C=O) groups is 2. The number of hydrogen-bond donors (Lipinski definition) is 0. The van der Waals surface area contributed by atoms with Crippen molar-refractivity contribution >= 4 is 12.0 Å². The number of benzene rings is 1. The minimum atomic E-state index is -0.453. The van der Waals surface area contributed by atoms with Gasteiger partial charge in [0.25, 0.3) is 0 Å². The summed E-state index contributed by atoms with van der Waals surface area (Å²) in [6.07, 6.45) is 4.81. The first-order chi connectivity index (χ1) is 10.3. The minimum Gasteiger partial charge on any atom is -0.445 e. The average molecular weight is 287 g/mol. The molecule has 0 bridgehead atoms. The third kappa shape index (κ3) is 3.09. The molecule has 1 saturated heterocycles. The van der Waals surface area contributed by atoms with Gasteiger partial charge in [-0.2, -0.15) is 0 Å². The first-order valence-corrected chi connectivity index (χ1v) is 7.81. The number of imide groups is 1. The number of hydrogen-bond acceptors (Lipinski definition) is 3. The summed E-state index contributed by atoms with van der Waals surface area (Å²) in [5, 5.41) is 0. The molecule has 1 aromatic rings. The van der Waals surface area contributed by atoms with E-state index in [2.05, 4.69) is 12.1 Å². The van der Waals surface area contributed by atoms with Gasteiger partial charge in [-0.25, -0.2) is 9.69 Å². The standard InChI is InChI=1S/C17H21NO3/c19-16-11-6-12-18(16)17(20)21-15-10-5-4-9-14(15)13-7-2-1-3-8-13/h1-3,7-8,14-15H,4-6,9-12H2/t14-,15+/m1/s1. The summed E-state index contributed by atoms with van der Waals surface area (Å²) < 4.78 is 5.68. The van der Waals surface area contributed by atoms with Crippen LogP contribution in [0.25, 0.3) is 0 Å². The van der Waals surface area contributed by atoms with E-state index in [0.29, 0.717) is 13.0 Å². The number of likely N-dealkylation sites (tertiary alicyclic amines) is 1. The molecule has 0 aromatic heterocycles. The average Bonchev–Trinajstić information content (AvgIpc) is 2.95. The van der Waals surface area contributed by atoms with E-state index in [0.717, 1.165) is 32.1 Å². The Hall–Kier alpha value is -1.84. The zero-order chi connectivity index (χ0) is 14.7. The molecule has 0 spiro atoms. The molecule has 2 aliphatic rings. The van der Waals surface area contributed by atoms with Gasteiger partial charge in [-0.1, -0.05) is 36.8 Å². The molecular weight excluding hydrogens is 266 g/mol. The third-order valence-corrected chi connectivity index (χ3v) is 4.48. The van der Waals surface area contributed by atoms with Gasteiger partial charge in [-0.15, -0.1) is 0 Å². The van der Waals surface area contributed by atoms with E-state index in [-0.39, 0.29) is 17.9 Å². The quantitative estimate of drug-likeness (QED) is 0.836. The zero-order valence-corrected chi connectivity index (χ0v) is 12.2. The van der Waals surface area contributed by atoms with Crippen LogP contribution in [0.4, 0.5) is 4.79 Å². The molecule has 1 aliphatic carbocycles. The molecule has 0 N–H and O–H groups in total. The molecule has 1 aromatic carbocycles. The van der Waals surface area contributed by atoms with Gasteiger partial charge in [-0.05, 0) is 31.2 Å². The van der Waals surface area contributed by atoms with E-state index < -0.39 is 6.09 Å². The molecule has 2 atom stereocenters. The van der Waals surface area contributed by atoms with Crippen LogP contribution < -0.4 is 0 Å². The highest BCUT2D eigenvalue weighted by molar-refractivity contribution is 5.93. The molecule has 2 fully saturated rings. The maximum absolute atomic E-state index is 12.2. The van der Waals surface area contributed by atoms with Crippen molar-refractivity contribution in [2.75, 3.05) is 6.54 Å². The van der Waals surface area contributed by atoms with E-state index >= 15 is 0 Å². The predicted molar refractivity (Wildman–Crippen MR) is 78.9 cm³/mol. The van der Waals surface area contributed by atoms with E-state index in [4.69, 9.17) is 4.74 Å². The van der Waals surface area contributed by atoms with Crippen molar-refractivity contribution < 1.29 is 14.3 Å². The van der Waals surface area contributed by atoms with Crippen LogP contribution in [-0.2, 0) is 9.53 Å². The first-order valence-electron chi connectivity index (χ1n) is 7.81. The SMILES string of the molecule is O=C1CCCN1C(=O)O[C@H]1CCCC[C@@H]1c1ccccc1. The van der Waals surface area contributed by atoms with Crippen LogP contribution in [0.2, 0.25) is 0 Å². The predicted octanol–water partition coefficient (Wildman–Crippen LogP) is 3.47. The lowest BCUT2D eigenvalue weighted by molar-refractivity contribution is -0.126. The number of carbonyl (C=O) groups excluding carboxylic acids is 2. The Bertz CT molecular complexity index is 514. The highest BCUT2D eigenvalue weighted by Gasteiger charge is 2.34. The number of amides is 2. The fraction of sp³-hybridized carbons (Fsp3) is 0.529. The van der Waals surface area contributed by atoms with Gasteiger partial charge in [0, 0.05) is 18.9 Å². The highest BCUT2D eigenvalue weighted by Crippen LogP contribution is 2.35. The fourth-order valence-corrected chi connectivity index (χ4v) is 3.35. The van der Waals surface area contributed by atoms with Crippen LogP contribution in [0.15, 0.2) is 30.3 Å². The Balaban J connectivity index is 1.70. The van der Waals surface area contributed by atoms with Crippen LogP contribution in [0, 0.1) is 0 Å². The van der Waals surface area contributed by atoms with Crippen molar-refractivity contribution in [2.45, 2.75) is 50.5 Å². The second-order valence-corrected chi connectivity index (χ2v) is 5.87. The molecule has 21 heavy (non-hydrogen) atoms. The maximum atomic E-state index is 12.2. The molecule has 1 aliphatic heterocycles. The molecule has 0 unspecified atom stereocenters. The highest BCUT2D eigenvalue weighted by atomic mass is 16.6. The summed E-state index contributed by atoms with van der Waals surface area (Å²) in [6, 6.07) is 10.2. The Morgan fingerprint density at radius 3 is 2.57 bits per heavy atom. The van der Waals surface area contributed by atoms with Gasteiger partial charge in [0.05, 0.1) is 0 Å². The lowest BCUT2D eigenvalue weighted by atomic mass is 9.81. The van der Waals surface area contributed by atoms with Crippen molar-refractivity contribution in [1.82, 2.24) is 4.90 Å². The summed E-state index contributed by atoms with van der Waals surface area (Å²) in [4.78, 5) is 25.1. The molecule has 0 radical (unpaired) electrons. The number of rotatable bonds is 2. The summed E-state index contributed by atoms with van der Waals surface area (Å²) in [5.41, 5.74) is 1.22. The van der Waals surface area contributed by atoms with Crippen molar-refractivity contribution in [3.8, 4) is 0 Å². The Morgan fingerprint density at radius 1 is 1.10 bits per heavy atom. The molecular formula is C17H21NO3.